The number of thiophene rings is 1. The second-order valence-corrected chi connectivity index (χ2v) is 8.94. The van der Waals surface area contributed by atoms with Crippen LogP contribution in [0.1, 0.15) is 50.0 Å². The Morgan fingerprint density at radius 1 is 1.43 bits per heavy atom. The fraction of sp³-hybridized carbons (Fsp3) is 0.706. The van der Waals surface area contributed by atoms with Gasteiger partial charge in [-0.25, -0.2) is 0 Å². The van der Waals surface area contributed by atoms with E-state index in [1.165, 1.54) is 16.2 Å². The summed E-state index contributed by atoms with van der Waals surface area (Å²) in [5, 5.41) is 3.57. The van der Waals surface area contributed by atoms with Crippen LogP contribution in [-0.4, -0.2) is 23.4 Å². The lowest BCUT2D eigenvalue weighted by Gasteiger charge is -2.24. The standard InChI is InChI=1S/C17H26N2OS/c1-10(2)14-16(20)19(9-12-8-17(12,4)5)15(18-14)13-7-6-11(3)21-13/h6-7,10,12,14-15,18H,8-9H2,1-5H3. The van der Waals surface area contributed by atoms with Crippen molar-refractivity contribution in [3.8, 4) is 0 Å². The van der Waals surface area contributed by atoms with Gasteiger partial charge in [0.15, 0.2) is 0 Å². The van der Waals surface area contributed by atoms with Crippen LogP contribution >= 0.6 is 11.3 Å². The Morgan fingerprint density at radius 3 is 2.57 bits per heavy atom. The first-order valence-electron chi connectivity index (χ1n) is 7.92. The zero-order valence-corrected chi connectivity index (χ0v) is 14.5. The number of carbonyl (C=O) groups is 1. The number of aryl methyl sites for hydroxylation is 1. The minimum atomic E-state index is -0.0423. The van der Waals surface area contributed by atoms with E-state index in [-0.39, 0.29) is 18.1 Å². The zero-order valence-electron chi connectivity index (χ0n) is 13.6. The van der Waals surface area contributed by atoms with Gasteiger partial charge >= 0.3 is 0 Å². The highest BCUT2D eigenvalue weighted by Crippen LogP contribution is 2.52. The molecule has 3 nitrogen and oxygen atoms in total. The molecule has 2 aliphatic rings. The van der Waals surface area contributed by atoms with Crippen molar-refractivity contribution < 1.29 is 4.79 Å². The van der Waals surface area contributed by atoms with E-state index in [1.54, 1.807) is 11.3 Å². The van der Waals surface area contributed by atoms with Crippen LogP contribution in [0.5, 0.6) is 0 Å². The Kier molecular flexibility index (Phi) is 3.65. The highest BCUT2D eigenvalue weighted by atomic mass is 32.1. The molecule has 3 rings (SSSR count). The maximum absolute atomic E-state index is 12.8. The average molecular weight is 306 g/mol. The van der Waals surface area contributed by atoms with Gasteiger partial charge in [0.05, 0.1) is 6.04 Å². The fourth-order valence-electron chi connectivity index (χ4n) is 3.27. The number of hydrogen-bond acceptors (Lipinski definition) is 3. The van der Waals surface area contributed by atoms with Gasteiger partial charge in [-0.05, 0) is 42.7 Å². The van der Waals surface area contributed by atoms with Crippen LogP contribution < -0.4 is 5.32 Å². The molecule has 1 amide bonds. The van der Waals surface area contributed by atoms with Crippen LogP contribution in [0.4, 0.5) is 0 Å². The molecule has 0 bridgehead atoms. The summed E-state index contributed by atoms with van der Waals surface area (Å²) in [6.07, 6.45) is 1.30. The minimum absolute atomic E-state index is 0.0423. The molecule has 21 heavy (non-hydrogen) atoms. The molecule has 0 aromatic carbocycles. The van der Waals surface area contributed by atoms with Crippen LogP contribution in [0.25, 0.3) is 0 Å². The van der Waals surface area contributed by atoms with Crippen LogP contribution in [0.15, 0.2) is 12.1 Å². The van der Waals surface area contributed by atoms with Gasteiger partial charge in [-0.1, -0.05) is 27.7 Å². The molecule has 2 fully saturated rings. The van der Waals surface area contributed by atoms with Gasteiger partial charge in [-0.2, -0.15) is 0 Å². The lowest BCUT2D eigenvalue weighted by atomic mass is 10.0. The normalized spacial score (nSPS) is 31.2. The van der Waals surface area contributed by atoms with Crippen molar-refractivity contribution in [2.45, 2.75) is 53.2 Å². The summed E-state index contributed by atoms with van der Waals surface area (Å²) in [4.78, 5) is 17.4. The van der Waals surface area contributed by atoms with E-state index in [1.807, 2.05) is 0 Å². The molecule has 1 aromatic rings. The number of hydrogen-bond donors (Lipinski definition) is 1. The van der Waals surface area contributed by atoms with Crippen LogP contribution in [-0.2, 0) is 4.79 Å². The Hall–Kier alpha value is -0.870. The molecule has 1 aliphatic carbocycles. The first-order chi connectivity index (χ1) is 9.79. The summed E-state index contributed by atoms with van der Waals surface area (Å²) in [6.45, 7) is 11.9. The number of nitrogens with one attached hydrogen (secondary N) is 1. The monoisotopic (exact) mass is 306 g/mol. The lowest BCUT2D eigenvalue weighted by molar-refractivity contribution is -0.131. The zero-order chi connectivity index (χ0) is 15.4. The largest absolute Gasteiger partial charge is 0.320 e. The van der Waals surface area contributed by atoms with Crippen molar-refractivity contribution in [2.75, 3.05) is 6.54 Å². The van der Waals surface area contributed by atoms with Crippen LogP contribution in [0, 0.1) is 24.2 Å². The van der Waals surface area contributed by atoms with Gasteiger partial charge in [0, 0.05) is 16.3 Å². The first-order valence-corrected chi connectivity index (χ1v) is 8.74. The van der Waals surface area contributed by atoms with Gasteiger partial charge in [-0.3, -0.25) is 10.1 Å². The summed E-state index contributed by atoms with van der Waals surface area (Å²) in [5.74, 6) is 1.26. The van der Waals surface area contributed by atoms with Gasteiger partial charge in [0.2, 0.25) is 5.91 Å². The molecule has 1 N–H and O–H groups in total. The molecule has 116 valence electrons. The third kappa shape index (κ3) is 2.76. The summed E-state index contributed by atoms with van der Waals surface area (Å²) >= 11 is 1.80. The molecule has 2 heterocycles. The average Bonchev–Trinajstić information content (AvgIpc) is 2.75. The number of amides is 1. The Balaban J connectivity index is 1.83. The molecule has 1 saturated heterocycles. The van der Waals surface area contributed by atoms with Crippen LogP contribution in [0.3, 0.4) is 0 Å². The van der Waals surface area contributed by atoms with Crippen molar-refractivity contribution in [1.29, 1.82) is 0 Å². The summed E-state index contributed by atoms with van der Waals surface area (Å²) in [7, 11) is 0. The molecule has 1 saturated carbocycles. The van der Waals surface area contributed by atoms with Gasteiger partial charge in [-0.15, -0.1) is 11.3 Å². The molecular formula is C17H26N2OS. The smallest absolute Gasteiger partial charge is 0.241 e. The minimum Gasteiger partial charge on any atom is -0.320 e. The SMILES string of the molecule is Cc1ccc(C2NC(C(C)C)C(=O)N2CC2CC2(C)C)s1. The number of nitrogens with zero attached hydrogens (tertiary/aromatic N) is 1. The van der Waals surface area contributed by atoms with Crippen molar-refractivity contribution >= 4 is 17.2 Å². The molecule has 1 aliphatic heterocycles. The van der Waals surface area contributed by atoms with E-state index in [0.717, 1.165) is 6.54 Å². The van der Waals surface area contributed by atoms with E-state index in [9.17, 15) is 4.79 Å². The summed E-state index contributed by atoms with van der Waals surface area (Å²) < 4.78 is 0. The van der Waals surface area contributed by atoms with Gasteiger partial charge < -0.3 is 4.90 Å². The lowest BCUT2D eigenvalue weighted by Crippen LogP contribution is -2.35. The molecule has 1 aromatic heterocycles. The highest BCUT2D eigenvalue weighted by Gasteiger charge is 2.50. The van der Waals surface area contributed by atoms with Gasteiger partial charge in [0.1, 0.15) is 6.17 Å². The molecule has 4 heteroatoms. The quantitative estimate of drug-likeness (QED) is 0.922. The maximum atomic E-state index is 12.8. The van der Waals surface area contributed by atoms with Crippen molar-refractivity contribution in [2.24, 2.45) is 17.3 Å². The molecule has 3 unspecified atom stereocenters. The second-order valence-electron chi connectivity index (χ2n) is 7.62. The number of rotatable bonds is 4. The fourth-order valence-corrected chi connectivity index (χ4v) is 4.22. The Morgan fingerprint density at radius 2 is 2.10 bits per heavy atom. The van der Waals surface area contributed by atoms with Crippen molar-refractivity contribution in [3.63, 3.8) is 0 Å². The first kappa shape index (κ1) is 15.0. The van der Waals surface area contributed by atoms with E-state index in [0.29, 0.717) is 17.3 Å². The van der Waals surface area contributed by atoms with Crippen LogP contribution in [0.2, 0.25) is 0 Å². The van der Waals surface area contributed by atoms with E-state index >= 15 is 0 Å². The molecular weight excluding hydrogens is 280 g/mol. The Bertz CT molecular complexity index is 549. The van der Waals surface area contributed by atoms with E-state index in [2.05, 4.69) is 57.0 Å². The predicted molar refractivity (Wildman–Crippen MR) is 87.2 cm³/mol. The van der Waals surface area contributed by atoms with Crippen molar-refractivity contribution in [1.82, 2.24) is 10.2 Å². The molecule has 3 atom stereocenters. The summed E-state index contributed by atoms with van der Waals surface area (Å²) in [6, 6.07) is 4.27. The Labute approximate surface area is 131 Å². The van der Waals surface area contributed by atoms with E-state index in [4.69, 9.17) is 0 Å². The second kappa shape index (κ2) is 5.10. The maximum Gasteiger partial charge on any atom is 0.241 e. The van der Waals surface area contributed by atoms with Gasteiger partial charge in [0.25, 0.3) is 0 Å². The van der Waals surface area contributed by atoms with Crippen molar-refractivity contribution in [3.05, 3.63) is 21.9 Å². The number of carbonyl (C=O) groups excluding carboxylic acids is 1. The third-order valence-corrected chi connectivity index (χ3v) is 6.08. The predicted octanol–water partition coefficient (Wildman–Crippen LogP) is 3.56. The third-order valence-electron chi connectivity index (χ3n) is 5.03. The summed E-state index contributed by atoms with van der Waals surface area (Å²) in [5.41, 5.74) is 0.409. The molecule has 0 spiro atoms. The van der Waals surface area contributed by atoms with E-state index < -0.39 is 0 Å². The topological polar surface area (TPSA) is 32.3 Å². The molecule has 0 radical (unpaired) electrons. The highest BCUT2D eigenvalue weighted by molar-refractivity contribution is 7.12.